The van der Waals surface area contributed by atoms with Gasteiger partial charge in [0.05, 0.1) is 0 Å². The second-order valence-electron chi connectivity index (χ2n) is 11.2. The zero-order valence-electron chi connectivity index (χ0n) is 29.4. The molecular weight excluding hydrogens is 655 g/mol. The molecule has 0 unspecified atom stereocenters. The number of fused-ring (bicyclic) bond motifs is 1. The van der Waals surface area contributed by atoms with E-state index in [1.807, 2.05) is 32.5 Å². The number of halogens is 2. The lowest BCUT2D eigenvalue weighted by Crippen LogP contribution is -2.41. The van der Waals surface area contributed by atoms with Gasteiger partial charge in [-0.25, -0.2) is 0 Å². The minimum absolute atomic E-state index is 0.0479. The van der Waals surface area contributed by atoms with Crippen molar-refractivity contribution < 1.29 is 37.7 Å². The summed E-state index contributed by atoms with van der Waals surface area (Å²) in [5.74, 6) is 0.663. The number of nitrogens with zero attached hydrogens (tertiary/aromatic N) is 3. The lowest BCUT2D eigenvalue weighted by atomic mass is 9.92. The molecule has 3 aromatic rings. The number of hydrogen-bond acceptors (Lipinski definition) is 7. The van der Waals surface area contributed by atoms with Gasteiger partial charge in [0.1, 0.15) is 12.5 Å². The molecule has 0 saturated carbocycles. The number of nitrogens with one attached hydrogen (secondary N) is 2. The van der Waals surface area contributed by atoms with E-state index in [1.165, 1.54) is 37.8 Å². The van der Waals surface area contributed by atoms with Gasteiger partial charge in [0.2, 0.25) is 20.2 Å². The van der Waals surface area contributed by atoms with E-state index in [9.17, 15) is 23.2 Å². The molecule has 0 bridgehead atoms. The Labute approximate surface area is 289 Å². The van der Waals surface area contributed by atoms with Crippen LogP contribution in [0.25, 0.3) is 10.9 Å². The number of aromatic nitrogens is 1. The normalized spacial score (nSPS) is 14.1. The van der Waals surface area contributed by atoms with Crippen molar-refractivity contribution in [1.29, 1.82) is 0 Å². The molecule has 0 atom stereocenters. The highest BCUT2D eigenvalue weighted by Crippen LogP contribution is 2.52. The van der Waals surface area contributed by atoms with Crippen molar-refractivity contribution in [2.75, 3.05) is 53.4 Å². The number of H-pyrrole nitrogens is 1. The molecule has 49 heavy (non-hydrogen) atoms. The van der Waals surface area contributed by atoms with Crippen LogP contribution >= 0.6 is 8.38 Å². The fourth-order valence-electron chi connectivity index (χ4n) is 5.22. The van der Waals surface area contributed by atoms with Crippen molar-refractivity contribution in [1.82, 2.24) is 25.0 Å². The predicted molar refractivity (Wildman–Crippen MR) is 190 cm³/mol. The Morgan fingerprint density at radius 2 is 1.63 bits per heavy atom. The molecule has 2 fully saturated rings. The Kier molecular flexibility index (Phi) is 19.5. The molecule has 272 valence electrons. The highest BCUT2D eigenvalue weighted by atomic mass is 31.2. The average Bonchev–Trinajstić information content (AvgIpc) is 3.80. The van der Waals surface area contributed by atoms with Gasteiger partial charge in [0.25, 0.3) is 5.91 Å². The number of likely N-dealkylation sites (N-methyl/N-ethyl adjacent to an activating group) is 1. The minimum atomic E-state index is -3.70. The van der Waals surface area contributed by atoms with Crippen LogP contribution in [0.3, 0.4) is 0 Å². The third kappa shape index (κ3) is 13.2. The summed E-state index contributed by atoms with van der Waals surface area (Å²) >= 11 is 0. The Morgan fingerprint density at radius 1 is 1.04 bits per heavy atom. The molecule has 5 rings (SSSR count). The van der Waals surface area contributed by atoms with Crippen LogP contribution in [0.5, 0.6) is 0 Å². The highest BCUT2D eigenvalue weighted by Gasteiger charge is 2.41. The maximum atomic E-state index is 13.5. The molecule has 2 aromatic carbocycles. The summed E-state index contributed by atoms with van der Waals surface area (Å²) in [6, 6.07) is 15.8. The second kappa shape index (κ2) is 22.0. The first-order valence-corrected chi connectivity index (χ1v) is 17.6. The summed E-state index contributed by atoms with van der Waals surface area (Å²) in [6.45, 7) is 15.0. The van der Waals surface area contributed by atoms with Gasteiger partial charge in [-0.05, 0) is 50.6 Å². The number of likely N-dealkylation sites (tertiary alicyclic amines) is 2. The van der Waals surface area contributed by atoms with E-state index in [0.29, 0.717) is 30.4 Å². The summed E-state index contributed by atoms with van der Waals surface area (Å²) in [5, 5.41) is 2.81. The smallest absolute Gasteiger partial charge is 0.339 e. The SMILES string of the molecule is C=O.CC.CCN(CCC(=O)N1CCCC1)C(C)=O.CN1CC(c2ccccc2)C1.CNC(=O)c1cc2cc(C(F)(F)P(O)O)ccc2[nH]1. The van der Waals surface area contributed by atoms with Crippen molar-refractivity contribution in [3.8, 4) is 0 Å². The lowest BCUT2D eigenvalue weighted by Gasteiger charge is -2.36. The van der Waals surface area contributed by atoms with Crippen LogP contribution in [0.2, 0.25) is 0 Å². The van der Waals surface area contributed by atoms with E-state index in [0.717, 1.165) is 44.0 Å². The van der Waals surface area contributed by atoms with Crippen molar-refractivity contribution in [3.63, 3.8) is 0 Å². The predicted octanol–water partition coefficient (Wildman–Crippen LogP) is 5.30. The molecule has 14 heteroatoms. The molecule has 2 aliphatic rings. The van der Waals surface area contributed by atoms with E-state index in [2.05, 4.69) is 52.6 Å². The topological polar surface area (TPSA) is 146 Å². The van der Waals surface area contributed by atoms with Crippen LogP contribution in [0.1, 0.15) is 74.5 Å². The van der Waals surface area contributed by atoms with E-state index >= 15 is 0 Å². The zero-order valence-corrected chi connectivity index (χ0v) is 30.3. The number of amides is 3. The van der Waals surface area contributed by atoms with Crippen LogP contribution in [0, 0.1) is 0 Å². The Balaban J connectivity index is 0.000000359. The third-order valence-corrected chi connectivity index (χ3v) is 8.67. The van der Waals surface area contributed by atoms with Gasteiger partial charge >= 0.3 is 5.66 Å². The van der Waals surface area contributed by atoms with Crippen LogP contribution in [-0.4, -0.2) is 107 Å². The third-order valence-electron chi connectivity index (χ3n) is 7.91. The van der Waals surface area contributed by atoms with Gasteiger partial charge in [-0.15, -0.1) is 0 Å². The standard InChI is InChI=1S/C11H11F2N2O3P.C11H20N2O2.C10H13N.C2H6.CH2O/c1-14-10(16)9-5-6-4-7(2-3-8(6)15-9)11(12,13)19(17)18;1-3-12(10(2)14)9-6-11(15)13-7-4-5-8-13;1-11-7-10(8-11)9-5-3-2-4-6-9;2*1-2/h2-5,15,17-18H,1H3,(H,14,16);3-9H2,1-2H3;2-6,10H,7-8H2,1H3;1-2H3;1H2. The Bertz CT molecular complexity index is 1430. The van der Waals surface area contributed by atoms with Crippen molar-refractivity contribution >= 4 is 43.8 Å². The van der Waals surface area contributed by atoms with Gasteiger partial charge in [0, 0.05) is 82.0 Å². The molecule has 3 amide bonds. The molecular formula is C35H52F2N5O6P. The van der Waals surface area contributed by atoms with Crippen molar-refractivity contribution in [2.45, 2.75) is 58.5 Å². The zero-order chi connectivity index (χ0) is 37.1. The van der Waals surface area contributed by atoms with E-state index in [1.54, 1.807) is 11.8 Å². The molecule has 11 nitrogen and oxygen atoms in total. The van der Waals surface area contributed by atoms with Crippen LogP contribution in [0.15, 0.2) is 54.6 Å². The van der Waals surface area contributed by atoms with Crippen LogP contribution in [0.4, 0.5) is 8.78 Å². The quantitative estimate of drug-likeness (QED) is 0.233. The van der Waals surface area contributed by atoms with E-state index in [4.69, 9.17) is 14.6 Å². The van der Waals surface area contributed by atoms with E-state index in [-0.39, 0.29) is 23.4 Å². The summed E-state index contributed by atoms with van der Waals surface area (Å²) < 4.78 is 27.0. The molecule has 2 aliphatic heterocycles. The van der Waals surface area contributed by atoms with Gasteiger partial charge in [-0.2, -0.15) is 8.78 Å². The molecule has 0 spiro atoms. The molecule has 0 radical (unpaired) electrons. The fraction of sp³-hybridized carbons (Fsp3) is 0.486. The van der Waals surface area contributed by atoms with Gasteiger partial charge in [0.15, 0.2) is 0 Å². The van der Waals surface area contributed by atoms with Gasteiger partial charge in [-0.1, -0.05) is 50.2 Å². The lowest BCUT2D eigenvalue weighted by molar-refractivity contribution is -0.132. The van der Waals surface area contributed by atoms with Crippen molar-refractivity contribution in [3.05, 3.63) is 71.4 Å². The first-order valence-electron chi connectivity index (χ1n) is 16.3. The highest BCUT2D eigenvalue weighted by molar-refractivity contribution is 7.46. The number of alkyl halides is 2. The van der Waals surface area contributed by atoms with Crippen LogP contribution < -0.4 is 5.32 Å². The largest absolute Gasteiger partial charge is 0.354 e. The summed E-state index contributed by atoms with van der Waals surface area (Å²) in [6.07, 6.45) is 2.71. The maximum absolute atomic E-state index is 13.5. The molecule has 3 heterocycles. The number of aromatic amines is 1. The molecule has 1 aromatic heterocycles. The number of hydrogen-bond donors (Lipinski definition) is 4. The summed E-state index contributed by atoms with van der Waals surface area (Å²) in [5.41, 5.74) is -1.95. The first-order chi connectivity index (χ1) is 23.4. The Hall–Kier alpha value is -3.77. The monoisotopic (exact) mass is 707 g/mol. The van der Waals surface area contributed by atoms with Crippen LogP contribution in [-0.2, 0) is 20.0 Å². The summed E-state index contributed by atoms with van der Waals surface area (Å²) in [7, 11) is 0.216. The molecule has 0 aliphatic carbocycles. The number of carbonyl (C=O) groups excluding carboxylic acids is 4. The molecule has 4 N–H and O–H groups in total. The second-order valence-corrected chi connectivity index (χ2v) is 12.3. The number of benzene rings is 2. The Morgan fingerprint density at radius 3 is 2.12 bits per heavy atom. The van der Waals surface area contributed by atoms with Crippen molar-refractivity contribution in [2.24, 2.45) is 0 Å². The van der Waals surface area contributed by atoms with Gasteiger partial charge < -0.3 is 39.6 Å². The summed E-state index contributed by atoms with van der Waals surface area (Å²) in [4.78, 5) is 68.4. The fourth-order valence-corrected chi connectivity index (χ4v) is 5.59. The average molecular weight is 708 g/mol. The number of carbonyl (C=O) groups is 4. The number of rotatable bonds is 8. The molecule has 2 saturated heterocycles. The minimum Gasteiger partial charge on any atom is -0.354 e. The maximum Gasteiger partial charge on any atom is 0.339 e. The van der Waals surface area contributed by atoms with Gasteiger partial charge in [-0.3, -0.25) is 14.4 Å². The van der Waals surface area contributed by atoms with E-state index < -0.39 is 19.6 Å². The first kappa shape index (κ1) is 43.3.